The normalized spacial score (nSPS) is 13.0. The first-order chi connectivity index (χ1) is 33.2. The summed E-state index contributed by atoms with van der Waals surface area (Å²) in [6.45, 7) is -0.138. The Morgan fingerprint density at radius 1 is 0.343 bits per heavy atom. The van der Waals surface area contributed by atoms with Crippen LogP contribution in [0.3, 0.4) is 0 Å². The molecule has 4 aromatic heterocycles. The maximum Gasteiger partial charge on any atom is 0.260 e. The van der Waals surface area contributed by atoms with Crippen LogP contribution < -0.4 is 25.9 Å². The fraction of sp³-hybridized carbons (Fsp3) is 0. The van der Waals surface area contributed by atoms with Gasteiger partial charge in [-0.2, -0.15) is 0 Å². The molecule has 0 unspecified atom stereocenters. The van der Waals surface area contributed by atoms with Gasteiger partial charge >= 0.3 is 0 Å². The van der Waals surface area contributed by atoms with Crippen molar-refractivity contribution in [2.24, 2.45) is 0 Å². The second-order valence-electron chi connectivity index (χ2n) is 17.9. The number of hydrogen-bond donors (Lipinski definition) is 0. The second kappa shape index (κ2) is 13.1. The van der Waals surface area contributed by atoms with Crippen LogP contribution in [0.1, 0.15) is 0 Å². The van der Waals surface area contributed by atoms with E-state index in [4.69, 9.17) is 9.47 Å². The van der Waals surface area contributed by atoms with Crippen molar-refractivity contribution < 1.29 is 9.47 Å². The van der Waals surface area contributed by atoms with Crippen molar-refractivity contribution >= 4 is 120 Å². The third kappa shape index (κ3) is 4.73. The Morgan fingerprint density at radius 3 is 1.55 bits per heavy atom. The summed E-state index contributed by atoms with van der Waals surface area (Å²) >= 11 is 1.89. The van der Waals surface area contributed by atoms with Gasteiger partial charge in [-0.25, -0.2) is 0 Å². The molecule has 0 saturated carbocycles. The summed E-state index contributed by atoms with van der Waals surface area (Å²) in [7, 11) is 0. The Kier molecular flexibility index (Phi) is 6.98. The van der Waals surface area contributed by atoms with E-state index in [2.05, 4.69) is 214 Å². The van der Waals surface area contributed by atoms with E-state index in [0.29, 0.717) is 0 Å². The zero-order valence-corrected chi connectivity index (χ0v) is 36.6. The standard InChI is InChI=1S/C60H34BN3O2S/c1-2-13-35(14-3-1)64-46-19-8-4-15-38(46)40-27-29-49-56(59(40)64)42-17-5-9-20-47(42)62(49)36-25-31-51-44(33-36)61-45-34-37(26-32-52(45)66-54-23-12-22-53(65-51)58(54)61)63-48-21-10-6-18-43(48)57-50(63)30-28-41-39-16-7-11-24-55(39)67-60(41)57/h1-34H. The van der Waals surface area contributed by atoms with Crippen LogP contribution in [0.2, 0.25) is 0 Å². The lowest BCUT2D eigenvalue weighted by Crippen LogP contribution is -2.57. The zero-order chi connectivity index (χ0) is 43.5. The summed E-state index contributed by atoms with van der Waals surface area (Å²) in [4.78, 5) is 0. The van der Waals surface area contributed by atoms with Crippen molar-refractivity contribution in [2.45, 2.75) is 0 Å². The average molecular weight is 872 g/mol. The fourth-order valence-corrected chi connectivity index (χ4v) is 13.1. The molecule has 310 valence electrons. The van der Waals surface area contributed by atoms with E-state index in [0.717, 1.165) is 67.5 Å². The molecule has 14 aromatic rings. The van der Waals surface area contributed by atoms with Gasteiger partial charge in [0.1, 0.15) is 23.0 Å². The quantitative estimate of drug-likeness (QED) is 0.166. The van der Waals surface area contributed by atoms with Crippen molar-refractivity contribution in [1.82, 2.24) is 13.7 Å². The van der Waals surface area contributed by atoms with Crippen molar-refractivity contribution in [3.8, 4) is 40.1 Å². The molecular weight excluding hydrogens is 838 g/mol. The number of rotatable bonds is 3. The molecule has 0 fully saturated rings. The van der Waals surface area contributed by atoms with Crippen LogP contribution >= 0.6 is 11.3 Å². The summed E-state index contributed by atoms with van der Waals surface area (Å²) < 4.78 is 23.6. The predicted octanol–water partition coefficient (Wildman–Crippen LogP) is 14.1. The molecular formula is C60H34BN3O2S. The monoisotopic (exact) mass is 871 g/mol. The molecule has 5 nitrogen and oxygen atoms in total. The highest BCUT2D eigenvalue weighted by Gasteiger charge is 2.41. The molecule has 0 N–H and O–H groups in total. The number of aromatic nitrogens is 3. The van der Waals surface area contributed by atoms with Crippen LogP contribution in [-0.4, -0.2) is 20.4 Å². The molecule has 2 aliphatic heterocycles. The lowest BCUT2D eigenvalue weighted by Gasteiger charge is -2.33. The van der Waals surface area contributed by atoms with E-state index >= 15 is 0 Å². The van der Waals surface area contributed by atoms with Gasteiger partial charge < -0.3 is 23.2 Å². The molecule has 0 atom stereocenters. The number of hydrogen-bond acceptors (Lipinski definition) is 3. The summed E-state index contributed by atoms with van der Waals surface area (Å²) in [6.07, 6.45) is 0. The van der Waals surface area contributed by atoms with Crippen molar-refractivity contribution in [2.75, 3.05) is 0 Å². The van der Waals surface area contributed by atoms with E-state index < -0.39 is 0 Å². The first kappa shape index (κ1) is 35.8. The number of thiophene rings is 1. The van der Waals surface area contributed by atoms with Gasteiger partial charge in [-0.1, -0.05) is 109 Å². The van der Waals surface area contributed by atoms with Crippen molar-refractivity contribution in [3.63, 3.8) is 0 Å². The molecule has 67 heavy (non-hydrogen) atoms. The first-order valence-corrected chi connectivity index (χ1v) is 23.7. The largest absolute Gasteiger partial charge is 0.458 e. The van der Waals surface area contributed by atoms with Crippen LogP contribution in [0, 0.1) is 0 Å². The highest BCUT2D eigenvalue weighted by molar-refractivity contribution is 7.26. The van der Waals surface area contributed by atoms with Crippen LogP contribution in [-0.2, 0) is 0 Å². The Bertz CT molecular complexity index is 4470. The van der Waals surface area contributed by atoms with Crippen LogP contribution in [0.15, 0.2) is 206 Å². The molecule has 6 heterocycles. The van der Waals surface area contributed by atoms with Gasteiger partial charge in [0.05, 0.1) is 33.1 Å². The van der Waals surface area contributed by atoms with Gasteiger partial charge in [-0.05, 0) is 108 Å². The Hall–Kier alpha value is -8.52. The van der Waals surface area contributed by atoms with Crippen molar-refractivity contribution in [3.05, 3.63) is 206 Å². The number of nitrogens with zero attached hydrogens (tertiary/aromatic N) is 3. The molecule has 0 bridgehead atoms. The van der Waals surface area contributed by atoms with Gasteiger partial charge in [-0.15, -0.1) is 11.3 Å². The van der Waals surface area contributed by atoms with Gasteiger partial charge in [-0.3, -0.25) is 0 Å². The minimum absolute atomic E-state index is 0.138. The first-order valence-electron chi connectivity index (χ1n) is 22.9. The van der Waals surface area contributed by atoms with E-state index in [1.54, 1.807) is 0 Å². The van der Waals surface area contributed by atoms with Gasteiger partial charge in [0.2, 0.25) is 0 Å². The molecule has 2 aliphatic rings. The summed E-state index contributed by atoms with van der Waals surface area (Å²) in [5.41, 5.74) is 13.7. The van der Waals surface area contributed by atoms with Crippen LogP contribution in [0.4, 0.5) is 0 Å². The van der Waals surface area contributed by atoms with Crippen LogP contribution in [0.5, 0.6) is 23.0 Å². The molecule has 0 radical (unpaired) electrons. The molecule has 0 aliphatic carbocycles. The maximum atomic E-state index is 6.83. The number of ether oxygens (including phenoxy) is 2. The molecule has 0 spiro atoms. The minimum Gasteiger partial charge on any atom is -0.458 e. The fourth-order valence-electron chi connectivity index (χ4n) is 11.8. The topological polar surface area (TPSA) is 33.2 Å². The number of para-hydroxylation sites is 4. The summed E-state index contributed by atoms with van der Waals surface area (Å²) in [5.74, 6) is 3.37. The molecule has 0 saturated heterocycles. The minimum atomic E-state index is -0.138. The SMILES string of the molecule is c1ccc(-n2c3ccccc3c3ccc4c(c5ccccc5n4-c4ccc5c(c4)B4c6cc(-n7c8ccccc8c8c9sc%10ccccc%10c9ccc87)ccc6Oc6cccc(c64)O5)c32)cc1. The lowest BCUT2D eigenvalue weighted by molar-refractivity contribution is 0.464. The Labute approximate surface area is 387 Å². The third-order valence-corrected chi connectivity index (χ3v) is 15.7. The van der Waals surface area contributed by atoms with Gasteiger partial charge in [0.25, 0.3) is 6.71 Å². The van der Waals surface area contributed by atoms with Gasteiger partial charge in [0, 0.05) is 75.0 Å². The zero-order valence-electron chi connectivity index (χ0n) is 35.8. The lowest BCUT2D eigenvalue weighted by atomic mass is 9.35. The molecule has 16 rings (SSSR count). The Morgan fingerprint density at radius 2 is 0.881 bits per heavy atom. The van der Waals surface area contributed by atoms with Gasteiger partial charge in [0.15, 0.2) is 0 Å². The highest BCUT2D eigenvalue weighted by atomic mass is 32.1. The molecule has 7 heteroatoms. The smallest absolute Gasteiger partial charge is 0.260 e. The summed E-state index contributed by atoms with van der Waals surface area (Å²) in [5, 5.41) is 10.1. The average Bonchev–Trinajstić information content (AvgIpc) is 4.13. The Balaban J connectivity index is 0.931. The number of fused-ring (bicyclic) bond motifs is 18. The predicted molar refractivity (Wildman–Crippen MR) is 280 cm³/mol. The molecule has 0 amide bonds. The molecule has 10 aromatic carbocycles. The van der Waals surface area contributed by atoms with E-state index in [1.807, 2.05) is 17.4 Å². The van der Waals surface area contributed by atoms with E-state index in [9.17, 15) is 0 Å². The summed E-state index contributed by atoms with van der Waals surface area (Å²) in [6, 6.07) is 75.0. The van der Waals surface area contributed by atoms with E-state index in [1.165, 1.54) is 74.6 Å². The maximum absolute atomic E-state index is 6.83. The van der Waals surface area contributed by atoms with E-state index in [-0.39, 0.29) is 6.71 Å². The second-order valence-corrected chi connectivity index (χ2v) is 19.0. The highest BCUT2D eigenvalue weighted by Crippen LogP contribution is 2.45. The van der Waals surface area contributed by atoms with Crippen molar-refractivity contribution in [1.29, 1.82) is 0 Å². The van der Waals surface area contributed by atoms with Crippen LogP contribution in [0.25, 0.3) is 103 Å². The third-order valence-electron chi connectivity index (χ3n) is 14.5. The number of benzene rings is 10.